The first-order valence-corrected chi connectivity index (χ1v) is 10.7. The van der Waals surface area contributed by atoms with E-state index in [-0.39, 0.29) is 24.0 Å². The van der Waals surface area contributed by atoms with Crippen LogP contribution in [0.4, 0.5) is 0 Å². The number of nitrogens with one attached hydrogen (secondary N) is 2. The van der Waals surface area contributed by atoms with E-state index in [1.54, 1.807) is 6.26 Å². The highest BCUT2D eigenvalue weighted by Crippen LogP contribution is 2.29. The Hall–Kier alpha value is -1.54. The summed E-state index contributed by atoms with van der Waals surface area (Å²) in [5.74, 6) is 1.93. The predicted molar refractivity (Wildman–Crippen MR) is 129 cm³/mol. The van der Waals surface area contributed by atoms with Crippen molar-refractivity contribution in [3.63, 3.8) is 0 Å². The van der Waals surface area contributed by atoms with Crippen LogP contribution in [0.3, 0.4) is 0 Å². The fraction of sp³-hybridized carbons (Fsp3) is 0.522. The molecule has 2 heterocycles. The Morgan fingerprint density at radius 1 is 1.00 bits per heavy atom. The number of furan rings is 1. The number of benzene rings is 1. The zero-order valence-electron chi connectivity index (χ0n) is 17.1. The molecule has 0 atom stereocenters. The van der Waals surface area contributed by atoms with Crippen LogP contribution in [-0.4, -0.2) is 49.1 Å². The summed E-state index contributed by atoms with van der Waals surface area (Å²) < 4.78 is 5.43. The van der Waals surface area contributed by atoms with Crippen LogP contribution in [-0.2, 0) is 12.8 Å². The number of hydrogen-bond donors (Lipinski definition) is 2. The van der Waals surface area contributed by atoms with E-state index < -0.39 is 0 Å². The number of nitrogens with zero attached hydrogens (tertiary/aromatic N) is 2. The third-order valence-corrected chi connectivity index (χ3v) is 5.69. The predicted octanol–water partition coefficient (Wildman–Crippen LogP) is 3.84. The molecule has 2 aliphatic rings. The van der Waals surface area contributed by atoms with Gasteiger partial charge in [-0.25, -0.2) is 0 Å². The molecular formula is C23H33IN4O. The maximum Gasteiger partial charge on any atom is 0.191 e. The van der Waals surface area contributed by atoms with Crippen LogP contribution in [0, 0.1) is 0 Å². The fourth-order valence-corrected chi connectivity index (χ4v) is 3.90. The first-order chi connectivity index (χ1) is 13.9. The molecule has 6 heteroatoms. The van der Waals surface area contributed by atoms with Crippen molar-refractivity contribution in [1.82, 2.24) is 15.5 Å². The van der Waals surface area contributed by atoms with Crippen LogP contribution in [0.15, 0.2) is 58.1 Å². The minimum atomic E-state index is 0. The van der Waals surface area contributed by atoms with E-state index in [9.17, 15) is 0 Å². The molecule has 0 amide bonds. The van der Waals surface area contributed by atoms with Gasteiger partial charge in [-0.3, -0.25) is 4.99 Å². The molecule has 1 aliphatic heterocycles. The van der Waals surface area contributed by atoms with Gasteiger partial charge in [-0.2, -0.15) is 0 Å². The van der Waals surface area contributed by atoms with Crippen molar-refractivity contribution in [2.75, 3.05) is 26.2 Å². The van der Waals surface area contributed by atoms with Crippen molar-refractivity contribution in [2.24, 2.45) is 4.99 Å². The van der Waals surface area contributed by atoms with E-state index in [1.165, 1.54) is 44.3 Å². The van der Waals surface area contributed by atoms with Crippen LogP contribution in [0.2, 0.25) is 0 Å². The van der Waals surface area contributed by atoms with Gasteiger partial charge in [-0.05, 0) is 49.8 Å². The van der Waals surface area contributed by atoms with Crippen molar-refractivity contribution < 1.29 is 4.42 Å². The molecule has 1 aromatic heterocycles. The normalized spacial score (nSPS) is 18.3. The van der Waals surface area contributed by atoms with Crippen LogP contribution in [0.5, 0.6) is 0 Å². The molecule has 1 aromatic carbocycles. The molecule has 4 rings (SSSR count). The average Bonchev–Trinajstić information content (AvgIpc) is 3.45. The second-order valence-electron chi connectivity index (χ2n) is 7.91. The smallest absolute Gasteiger partial charge is 0.191 e. The van der Waals surface area contributed by atoms with Crippen molar-refractivity contribution in [3.8, 4) is 0 Å². The Bertz CT molecular complexity index is 723. The van der Waals surface area contributed by atoms with Gasteiger partial charge in [0.15, 0.2) is 5.96 Å². The van der Waals surface area contributed by atoms with E-state index in [1.807, 2.05) is 12.1 Å². The summed E-state index contributed by atoms with van der Waals surface area (Å²) in [6, 6.07) is 16.0. The molecule has 158 valence electrons. The molecule has 2 aromatic rings. The molecule has 0 bridgehead atoms. The van der Waals surface area contributed by atoms with Gasteiger partial charge in [0.25, 0.3) is 0 Å². The molecule has 0 unspecified atom stereocenters. The van der Waals surface area contributed by atoms with Crippen molar-refractivity contribution in [2.45, 2.75) is 50.6 Å². The first kappa shape index (κ1) is 22.2. The number of rotatable bonds is 8. The molecule has 0 spiro atoms. The molecule has 29 heavy (non-hydrogen) atoms. The van der Waals surface area contributed by atoms with Crippen LogP contribution < -0.4 is 10.6 Å². The number of piperidine rings is 1. The fourth-order valence-electron chi connectivity index (χ4n) is 3.90. The molecule has 2 N–H and O–H groups in total. The van der Waals surface area contributed by atoms with Crippen LogP contribution in [0.25, 0.3) is 0 Å². The summed E-state index contributed by atoms with van der Waals surface area (Å²) in [4.78, 5) is 7.47. The van der Waals surface area contributed by atoms with Gasteiger partial charge in [-0.1, -0.05) is 30.3 Å². The minimum absolute atomic E-state index is 0. The summed E-state index contributed by atoms with van der Waals surface area (Å²) >= 11 is 0. The summed E-state index contributed by atoms with van der Waals surface area (Å²) in [5.41, 5.74) is 1.35. The van der Waals surface area contributed by atoms with Crippen molar-refractivity contribution >= 4 is 29.9 Å². The SMILES string of the molecule is I.c1ccc(CCNC(=NCCc2ccco2)NC2CCN(C3CC3)CC2)cc1. The van der Waals surface area contributed by atoms with Gasteiger partial charge in [0.2, 0.25) is 0 Å². The number of guanidine groups is 1. The second kappa shape index (κ2) is 11.6. The monoisotopic (exact) mass is 508 g/mol. The lowest BCUT2D eigenvalue weighted by molar-refractivity contribution is 0.197. The molecule has 5 nitrogen and oxygen atoms in total. The maximum atomic E-state index is 5.43. The highest BCUT2D eigenvalue weighted by atomic mass is 127. The van der Waals surface area contributed by atoms with Gasteiger partial charge in [0.1, 0.15) is 5.76 Å². The van der Waals surface area contributed by atoms with E-state index in [0.29, 0.717) is 6.04 Å². The number of hydrogen-bond acceptors (Lipinski definition) is 3. The first-order valence-electron chi connectivity index (χ1n) is 10.7. The number of halogens is 1. The van der Waals surface area contributed by atoms with Gasteiger partial charge < -0.3 is 20.0 Å². The van der Waals surface area contributed by atoms with Crippen molar-refractivity contribution in [3.05, 3.63) is 60.1 Å². The minimum Gasteiger partial charge on any atom is -0.469 e. The lowest BCUT2D eigenvalue weighted by Gasteiger charge is -2.33. The second-order valence-corrected chi connectivity index (χ2v) is 7.91. The molecule has 1 saturated carbocycles. The van der Waals surface area contributed by atoms with Crippen LogP contribution in [0.1, 0.15) is 37.0 Å². The highest BCUT2D eigenvalue weighted by Gasteiger charge is 2.31. The Labute approximate surface area is 191 Å². The van der Waals surface area contributed by atoms with Gasteiger partial charge in [0.05, 0.1) is 6.26 Å². The van der Waals surface area contributed by atoms with E-state index in [4.69, 9.17) is 9.41 Å². The summed E-state index contributed by atoms with van der Waals surface area (Å²) in [6.07, 6.45) is 8.77. The van der Waals surface area contributed by atoms with E-state index in [0.717, 1.165) is 43.7 Å². The molecule has 1 saturated heterocycles. The van der Waals surface area contributed by atoms with E-state index >= 15 is 0 Å². The van der Waals surface area contributed by atoms with Gasteiger partial charge >= 0.3 is 0 Å². The zero-order chi connectivity index (χ0) is 19.0. The maximum absolute atomic E-state index is 5.43. The Morgan fingerprint density at radius 2 is 1.79 bits per heavy atom. The summed E-state index contributed by atoms with van der Waals surface area (Å²) in [7, 11) is 0. The lowest BCUT2D eigenvalue weighted by Crippen LogP contribution is -2.49. The zero-order valence-corrected chi connectivity index (χ0v) is 19.4. The standard InChI is InChI=1S/C23H32N4O.HI/c1-2-5-19(6-3-1)10-14-24-23(25-15-11-22-7-4-18-28-22)26-20-12-16-27(17-13-20)21-8-9-21;/h1-7,18,20-21H,8-17H2,(H2,24,25,26);1H. The molecule has 1 aliphatic carbocycles. The quantitative estimate of drug-likeness (QED) is 0.323. The highest BCUT2D eigenvalue weighted by molar-refractivity contribution is 14.0. The van der Waals surface area contributed by atoms with Crippen molar-refractivity contribution in [1.29, 1.82) is 0 Å². The van der Waals surface area contributed by atoms with Gasteiger partial charge in [-0.15, -0.1) is 24.0 Å². The Kier molecular flexibility index (Phi) is 8.86. The van der Waals surface area contributed by atoms with Gasteiger partial charge in [0, 0.05) is 44.7 Å². The summed E-state index contributed by atoms with van der Waals surface area (Å²) in [6.45, 7) is 4.05. The molecule has 2 fully saturated rings. The largest absolute Gasteiger partial charge is 0.469 e. The lowest BCUT2D eigenvalue weighted by atomic mass is 10.1. The number of aliphatic imine (C=N–C) groups is 1. The van der Waals surface area contributed by atoms with Crippen LogP contribution >= 0.6 is 24.0 Å². The third kappa shape index (κ3) is 7.33. The summed E-state index contributed by atoms with van der Waals surface area (Å²) in [5, 5.41) is 7.22. The molecular weight excluding hydrogens is 475 g/mol. The van der Waals surface area contributed by atoms with E-state index in [2.05, 4.69) is 45.9 Å². The third-order valence-electron chi connectivity index (χ3n) is 5.69. The molecule has 0 radical (unpaired) electrons. The Balaban J connectivity index is 0.00000240. The Morgan fingerprint density at radius 3 is 2.48 bits per heavy atom. The average molecular weight is 508 g/mol. The number of likely N-dealkylation sites (tertiary alicyclic amines) is 1. The topological polar surface area (TPSA) is 52.8 Å².